The van der Waals surface area contributed by atoms with E-state index in [2.05, 4.69) is 5.32 Å². The second kappa shape index (κ2) is 6.15. The van der Waals surface area contributed by atoms with E-state index in [1.54, 1.807) is 13.0 Å². The highest BCUT2D eigenvalue weighted by Crippen LogP contribution is 2.26. The Bertz CT molecular complexity index is 461. The lowest BCUT2D eigenvalue weighted by molar-refractivity contribution is -0.117. The van der Waals surface area contributed by atoms with E-state index in [0.717, 1.165) is 31.2 Å². The van der Waals surface area contributed by atoms with Crippen molar-refractivity contribution in [3.63, 3.8) is 0 Å². The quantitative estimate of drug-likeness (QED) is 0.881. The molecule has 2 unspecified atom stereocenters. The summed E-state index contributed by atoms with van der Waals surface area (Å²) in [5, 5.41) is 2.84. The topological polar surface area (TPSA) is 55.1 Å². The molecule has 3 nitrogen and oxygen atoms in total. The van der Waals surface area contributed by atoms with Crippen molar-refractivity contribution in [1.82, 2.24) is 0 Å². The van der Waals surface area contributed by atoms with Crippen molar-refractivity contribution in [1.29, 1.82) is 0 Å². The monoisotopic (exact) mass is 264 g/mol. The molecule has 2 rings (SSSR count). The molecule has 0 saturated heterocycles. The van der Waals surface area contributed by atoms with Gasteiger partial charge < -0.3 is 11.1 Å². The van der Waals surface area contributed by atoms with Crippen LogP contribution in [0.15, 0.2) is 18.2 Å². The Labute approximate surface area is 113 Å². The van der Waals surface area contributed by atoms with Gasteiger partial charge in [-0.3, -0.25) is 4.79 Å². The number of amides is 1. The molecule has 1 aromatic rings. The first kappa shape index (κ1) is 14.0. The summed E-state index contributed by atoms with van der Waals surface area (Å²) in [4.78, 5) is 12.0. The molecule has 1 aromatic carbocycles. The highest BCUT2D eigenvalue weighted by Gasteiger charge is 2.24. The molecule has 0 radical (unpaired) electrons. The molecule has 104 valence electrons. The summed E-state index contributed by atoms with van der Waals surface area (Å²) >= 11 is 0. The fourth-order valence-electron chi connectivity index (χ4n) is 2.70. The molecule has 1 fully saturated rings. The number of benzene rings is 1. The highest BCUT2D eigenvalue weighted by molar-refractivity contribution is 5.91. The minimum Gasteiger partial charge on any atom is -0.327 e. The predicted molar refractivity (Wildman–Crippen MR) is 74.3 cm³/mol. The second-order valence-corrected chi connectivity index (χ2v) is 5.42. The van der Waals surface area contributed by atoms with E-state index in [-0.39, 0.29) is 23.7 Å². The summed E-state index contributed by atoms with van der Waals surface area (Å²) in [6, 6.07) is 4.51. The van der Waals surface area contributed by atoms with Crippen LogP contribution in [-0.2, 0) is 4.79 Å². The van der Waals surface area contributed by atoms with Gasteiger partial charge in [0.25, 0.3) is 0 Å². The number of carbonyl (C=O) groups excluding carboxylic acids is 1. The van der Waals surface area contributed by atoms with Crippen molar-refractivity contribution in [3.8, 4) is 0 Å². The van der Waals surface area contributed by atoms with Crippen molar-refractivity contribution >= 4 is 11.6 Å². The number of rotatable bonds is 3. The maximum Gasteiger partial charge on any atom is 0.224 e. The molecular weight excluding hydrogens is 243 g/mol. The van der Waals surface area contributed by atoms with Crippen LogP contribution in [0.25, 0.3) is 0 Å². The minimum absolute atomic E-state index is 0.0305. The maximum absolute atomic E-state index is 13.0. The molecule has 0 aliphatic heterocycles. The fraction of sp³-hybridized carbons (Fsp3) is 0.533. The first-order valence-electron chi connectivity index (χ1n) is 6.88. The van der Waals surface area contributed by atoms with E-state index in [4.69, 9.17) is 5.73 Å². The van der Waals surface area contributed by atoms with Crippen LogP contribution in [0.5, 0.6) is 0 Å². The smallest absolute Gasteiger partial charge is 0.224 e. The molecule has 0 aromatic heterocycles. The lowest BCUT2D eigenvalue weighted by Gasteiger charge is -2.28. The number of aryl methyl sites for hydroxylation is 1. The molecule has 3 N–H and O–H groups in total. The zero-order chi connectivity index (χ0) is 13.8. The zero-order valence-corrected chi connectivity index (χ0v) is 11.3. The van der Waals surface area contributed by atoms with E-state index >= 15 is 0 Å². The van der Waals surface area contributed by atoms with E-state index in [1.165, 1.54) is 12.1 Å². The highest BCUT2D eigenvalue weighted by atomic mass is 19.1. The van der Waals surface area contributed by atoms with Gasteiger partial charge in [-0.1, -0.05) is 12.8 Å². The third kappa shape index (κ3) is 3.77. The van der Waals surface area contributed by atoms with Crippen LogP contribution in [0, 0.1) is 18.7 Å². The summed E-state index contributed by atoms with van der Waals surface area (Å²) < 4.78 is 13.0. The van der Waals surface area contributed by atoms with Crippen LogP contribution in [0.2, 0.25) is 0 Å². The first-order valence-corrected chi connectivity index (χ1v) is 6.88. The molecule has 19 heavy (non-hydrogen) atoms. The lowest BCUT2D eigenvalue weighted by atomic mass is 9.83. The predicted octanol–water partition coefficient (Wildman–Crippen LogP) is 2.98. The SMILES string of the molecule is Cc1cc(F)ccc1NC(=O)CC1CCCCC1N. The van der Waals surface area contributed by atoms with E-state index in [1.807, 2.05) is 0 Å². The Morgan fingerprint density at radius 3 is 2.84 bits per heavy atom. The average molecular weight is 264 g/mol. The average Bonchev–Trinajstić information content (AvgIpc) is 2.36. The number of nitrogens with one attached hydrogen (secondary N) is 1. The molecule has 0 bridgehead atoms. The summed E-state index contributed by atoms with van der Waals surface area (Å²) in [6.07, 6.45) is 4.81. The number of halogens is 1. The standard InChI is InChI=1S/C15H21FN2O/c1-10-8-12(16)6-7-14(10)18-15(19)9-11-4-2-3-5-13(11)17/h6-8,11,13H,2-5,9,17H2,1H3,(H,18,19). The van der Waals surface area contributed by atoms with Crippen LogP contribution in [0.3, 0.4) is 0 Å². The summed E-state index contributed by atoms with van der Waals surface area (Å²) in [5.74, 6) is -0.0450. The van der Waals surface area contributed by atoms with Crippen molar-refractivity contribution in [3.05, 3.63) is 29.6 Å². The fourth-order valence-corrected chi connectivity index (χ4v) is 2.70. The third-order valence-corrected chi connectivity index (χ3v) is 3.88. The van der Waals surface area contributed by atoms with Crippen molar-refractivity contribution in [2.24, 2.45) is 11.7 Å². The number of nitrogens with two attached hydrogens (primary N) is 1. The van der Waals surface area contributed by atoms with Gasteiger partial charge >= 0.3 is 0 Å². The van der Waals surface area contributed by atoms with E-state index < -0.39 is 0 Å². The summed E-state index contributed by atoms with van der Waals surface area (Å²) in [5.41, 5.74) is 7.45. The van der Waals surface area contributed by atoms with Crippen molar-refractivity contribution in [2.45, 2.75) is 45.1 Å². The number of carbonyl (C=O) groups is 1. The molecule has 2 atom stereocenters. The molecule has 4 heteroatoms. The van der Waals surface area contributed by atoms with Gasteiger partial charge in [-0.15, -0.1) is 0 Å². The molecule has 1 saturated carbocycles. The zero-order valence-electron chi connectivity index (χ0n) is 11.3. The van der Waals surface area contributed by atoms with Gasteiger partial charge in [-0.25, -0.2) is 4.39 Å². The van der Waals surface area contributed by atoms with E-state index in [9.17, 15) is 9.18 Å². The van der Waals surface area contributed by atoms with Crippen LogP contribution < -0.4 is 11.1 Å². The first-order chi connectivity index (χ1) is 9.06. The van der Waals surface area contributed by atoms with Gasteiger partial charge in [0.05, 0.1) is 0 Å². The Morgan fingerprint density at radius 1 is 1.42 bits per heavy atom. The van der Waals surface area contributed by atoms with Gasteiger partial charge in [0.15, 0.2) is 0 Å². The van der Waals surface area contributed by atoms with Gasteiger partial charge in [0.1, 0.15) is 5.82 Å². The minimum atomic E-state index is -0.287. The van der Waals surface area contributed by atoms with Crippen LogP contribution >= 0.6 is 0 Å². The number of hydrogen-bond donors (Lipinski definition) is 2. The van der Waals surface area contributed by atoms with Crippen LogP contribution in [0.1, 0.15) is 37.7 Å². The Balaban J connectivity index is 1.93. The lowest BCUT2D eigenvalue weighted by Crippen LogP contribution is -2.35. The van der Waals surface area contributed by atoms with Crippen LogP contribution in [-0.4, -0.2) is 11.9 Å². The molecular formula is C15H21FN2O. The van der Waals surface area contributed by atoms with Crippen LogP contribution in [0.4, 0.5) is 10.1 Å². The second-order valence-electron chi connectivity index (χ2n) is 5.42. The van der Waals surface area contributed by atoms with Crippen molar-refractivity contribution in [2.75, 3.05) is 5.32 Å². The maximum atomic E-state index is 13.0. The van der Waals surface area contributed by atoms with Crippen molar-refractivity contribution < 1.29 is 9.18 Å². The molecule has 1 amide bonds. The summed E-state index contributed by atoms with van der Waals surface area (Å²) in [7, 11) is 0. The largest absolute Gasteiger partial charge is 0.327 e. The molecule has 1 aliphatic carbocycles. The van der Waals surface area contributed by atoms with Gasteiger partial charge in [-0.2, -0.15) is 0 Å². The Kier molecular flexibility index (Phi) is 4.53. The normalized spacial score (nSPS) is 23.1. The molecule has 0 spiro atoms. The Hall–Kier alpha value is -1.42. The van der Waals surface area contributed by atoms with Gasteiger partial charge in [0, 0.05) is 18.2 Å². The summed E-state index contributed by atoms with van der Waals surface area (Å²) in [6.45, 7) is 1.78. The number of hydrogen-bond acceptors (Lipinski definition) is 2. The molecule has 1 aliphatic rings. The molecule has 0 heterocycles. The van der Waals surface area contributed by atoms with E-state index in [0.29, 0.717) is 12.1 Å². The van der Waals surface area contributed by atoms with Gasteiger partial charge in [0.2, 0.25) is 5.91 Å². The third-order valence-electron chi connectivity index (χ3n) is 3.88. The Morgan fingerprint density at radius 2 is 2.16 bits per heavy atom. The van der Waals surface area contributed by atoms with Gasteiger partial charge in [-0.05, 0) is 49.4 Å². The number of anilines is 1.